The maximum absolute atomic E-state index is 13.5. The predicted molar refractivity (Wildman–Crippen MR) is 136 cm³/mol. The van der Waals surface area contributed by atoms with E-state index in [4.69, 9.17) is 9.47 Å². The van der Waals surface area contributed by atoms with Gasteiger partial charge in [-0.1, -0.05) is 35.9 Å². The highest BCUT2D eigenvalue weighted by atomic mass is 16.6. The lowest BCUT2D eigenvalue weighted by Gasteiger charge is -2.33. The Morgan fingerprint density at radius 1 is 1.06 bits per heavy atom. The molecule has 0 heterocycles. The molecular formula is C27H35N3O5. The molecule has 2 aromatic carbocycles. The van der Waals surface area contributed by atoms with Crippen LogP contribution in [0.1, 0.15) is 44.9 Å². The number of aryl methyl sites for hydroxylation is 1. The smallest absolute Gasteiger partial charge is 0.408 e. The fourth-order valence-corrected chi connectivity index (χ4v) is 3.36. The van der Waals surface area contributed by atoms with Gasteiger partial charge in [-0.05, 0) is 64.4 Å². The second-order valence-corrected chi connectivity index (χ2v) is 9.18. The van der Waals surface area contributed by atoms with Gasteiger partial charge >= 0.3 is 6.09 Å². The van der Waals surface area contributed by atoms with Crippen LogP contribution in [-0.4, -0.2) is 48.1 Å². The fraction of sp³-hybridized carbons (Fsp3) is 0.370. The third-order valence-electron chi connectivity index (χ3n) is 5.02. The van der Waals surface area contributed by atoms with Gasteiger partial charge in [0, 0.05) is 12.2 Å². The number of anilines is 1. The van der Waals surface area contributed by atoms with E-state index in [1.54, 1.807) is 65.1 Å². The lowest BCUT2D eigenvalue weighted by molar-refractivity contribution is -0.139. The summed E-state index contributed by atoms with van der Waals surface area (Å²) in [7, 11) is 1.56. The molecule has 0 aromatic heterocycles. The van der Waals surface area contributed by atoms with Crippen LogP contribution in [-0.2, 0) is 14.3 Å². The molecule has 0 spiro atoms. The van der Waals surface area contributed by atoms with E-state index in [1.807, 2.05) is 31.2 Å². The summed E-state index contributed by atoms with van der Waals surface area (Å²) < 4.78 is 10.4. The molecule has 0 fully saturated rings. The number of ether oxygens (including phenoxy) is 2. The molecule has 2 N–H and O–H groups in total. The van der Waals surface area contributed by atoms with Crippen molar-refractivity contribution in [2.45, 2.75) is 52.3 Å². The molecule has 3 amide bonds. The number of rotatable bonds is 9. The minimum absolute atomic E-state index is 0.0910. The maximum Gasteiger partial charge on any atom is 0.408 e. The second kappa shape index (κ2) is 12.1. The zero-order valence-corrected chi connectivity index (χ0v) is 21.3. The van der Waals surface area contributed by atoms with Gasteiger partial charge in [0.2, 0.25) is 5.91 Å². The van der Waals surface area contributed by atoms with Crippen molar-refractivity contribution in [3.63, 3.8) is 0 Å². The quantitative estimate of drug-likeness (QED) is 0.510. The number of hydrogen-bond acceptors (Lipinski definition) is 5. The average molecular weight is 482 g/mol. The summed E-state index contributed by atoms with van der Waals surface area (Å²) in [5.41, 5.74) is 1.49. The van der Waals surface area contributed by atoms with Gasteiger partial charge in [-0.3, -0.25) is 9.59 Å². The first-order chi connectivity index (χ1) is 16.4. The summed E-state index contributed by atoms with van der Waals surface area (Å²) in [4.78, 5) is 40.6. The Kier molecular flexibility index (Phi) is 9.45. The standard InChI is InChI=1S/C27H35N3O5/c1-8-17-30(25(32)19(3)28-26(33)35-27(4,5)6)23(20-11-9-18(2)10-12-20)24(31)29-21-13-15-22(34-7)16-14-21/h8-16,19,23H,1,17H2,2-7H3,(H,28,33)(H,29,31). The molecule has 2 aromatic rings. The van der Waals surface area contributed by atoms with Crippen LogP contribution in [0.2, 0.25) is 0 Å². The molecule has 0 radical (unpaired) electrons. The molecule has 2 unspecified atom stereocenters. The van der Waals surface area contributed by atoms with Crippen molar-refractivity contribution in [2.24, 2.45) is 0 Å². The third kappa shape index (κ3) is 8.17. The molecule has 0 saturated carbocycles. The van der Waals surface area contributed by atoms with Crippen LogP contribution < -0.4 is 15.4 Å². The zero-order valence-electron chi connectivity index (χ0n) is 21.3. The van der Waals surface area contributed by atoms with Crippen LogP contribution in [0.5, 0.6) is 5.75 Å². The first-order valence-corrected chi connectivity index (χ1v) is 11.4. The lowest BCUT2D eigenvalue weighted by atomic mass is 10.0. The van der Waals surface area contributed by atoms with Crippen molar-refractivity contribution in [1.82, 2.24) is 10.2 Å². The van der Waals surface area contributed by atoms with Crippen LogP contribution in [0.25, 0.3) is 0 Å². The molecule has 0 bridgehead atoms. The van der Waals surface area contributed by atoms with Crippen LogP contribution >= 0.6 is 0 Å². The van der Waals surface area contributed by atoms with Crippen LogP contribution in [0.15, 0.2) is 61.2 Å². The van der Waals surface area contributed by atoms with Crippen LogP contribution in [0.3, 0.4) is 0 Å². The Bertz CT molecular complexity index is 1030. The van der Waals surface area contributed by atoms with Crippen LogP contribution in [0.4, 0.5) is 10.5 Å². The van der Waals surface area contributed by atoms with Gasteiger partial charge in [0.15, 0.2) is 0 Å². The molecule has 8 heteroatoms. The number of benzene rings is 2. The molecule has 188 valence electrons. The van der Waals surface area contributed by atoms with E-state index >= 15 is 0 Å². The zero-order chi connectivity index (χ0) is 26.2. The first-order valence-electron chi connectivity index (χ1n) is 11.4. The van der Waals surface area contributed by atoms with Crippen molar-refractivity contribution in [1.29, 1.82) is 0 Å². The summed E-state index contributed by atoms with van der Waals surface area (Å²) in [5.74, 6) is -0.200. The molecular weight excluding hydrogens is 446 g/mol. The Morgan fingerprint density at radius 3 is 2.17 bits per heavy atom. The molecule has 0 aliphatic carbocycles. The van der Waals surface area contributed by atoms with E-state index < -0.39 is 35.6 Å². The molecule has 0 saturated heterocycles. The number of hydrogen-bond donors (Lipinski definition) is 2. The van der Waals surface area contributed by atoms with E-state index in [2.05, 4.69) is 17.2 Å². The van der Waals surface area contributed by atoms with Gasteiger partial charge in [0.25, 0.3) is 5.91 Å². The number of methoxy groups -OCH3 is 1. The molecule has 0 aliphatic rings. The summed E-state index contributed by atoms with van der Waals surface area (Å²) in [5, 5.41) is 5.44. The van der Waals surface area contributed by atoms with E-state index in [-0.39, 0.29) is 6.54 Å². The minimum Gasteiger partial charge on any atom is -0.497 e. The molecule has 35 heavy (non-hydrogen) atoms. The monoisotopic (exact) mass is 481 g/mol. The summed E-state index contributed by atoms with van der Waals surface area (Å²) in [6.45, 7) is 12.5. The molecule has 2 rings (SSSR count). The van der Waals surface area contributed by atoms with E-state index in [9.17, 15) is 14.4 Å². The van der Waals surface area contributed by atoms with E-state index in [1.165, 1.54) is 4.90 Å². The number of carbonyl (C=O) groups excluding carboxylic acids is 3. The fourth-order valence-electron chi connectivity index (χ4n) is 3.36. The van der Waals surface area contributed by atoms with Gasteiger partial charge in [-0.15, -0.1) is 6.58 Å². The summed E-state index contributed by atoms with van der Waals surface area (Å²) in [6.07, 6.45) is 0.825. The number of nitrogens with one attached hydrogen (secondary N) is 2. The normalized spacial score (nSPS) is 12.6. The van der Waals surface area contributed by atoms with E-state index in [0.29, 0.717) is 17.0 Å². The number of alkyl carbamates (subject to hydrolysis) is 1. The molecule has 2 atom stereocenters. The summed E-state index contributed by atoms with van der Waals surface area (Å²) in [6, 6.07) is 12.4. The Labute approximate surface area is 207 Å². The highest BCUT2D eigenvalue weighted by Crippen LogP contribution is 2.25. The van der Waals surface area contributed by atoms with Crippen molar-refractivity contribution in [2.75, 3.05) is 19.0 Å². The van der Waals surface area contributed by atoms with Crippen LogP contribution in [0, 0.1) is 6.92 Å². The van der Waals surface area contributed by atoms with Crippen molar-refractivity contribution in [3.05, 3.63) is 72.3 Å². The van der Waals surface area contributed by atoms with Gasteiger partial charge in [-0.2, -0.15) is 0 Å². The van der Waals surface area contributed by atoms with Gasteiger partial charge in [0.1, 0.15) is 23.4 Å². The Balaban J connectivity index is 2.36. The molecule has 0 aliphatic heterocycles. The topological polar surface area (TPSA) is 97.0 Å². The maximum atomic E-state index is 13.5. The van der Waals surface area contributed by atoms with Crippen molar-refractivity contribution >= 4 is 23.6 Å². The number of carbonyl (C=O) groups is 3. The highest BCUT2D eigenvalue weighted by molar-refractivity contribution is 5.99. The Morgan fingerprint density at radius 2 is 1.66 bits per heavy atom. The average Bonchev–Trinajstić information content (AvgIpc) is 2.78. The SMILES string of the molecule is C=CCN(C(=O)C(C)NC(=O)OC(C)(C)C)C(C(=O)Nc1ccc(OC)cc1)c1ccc(C)cc1. The van der Waals surface area contributed by atoms with Gasteiger partial charge in [-0.25, -0.2) is 4.79 Å². The first kappa shape index (κ1) is 27.4. The largest absolute Gasteiger partial charge is 0.497 e. The summed E-state index contributed by atoms with van der Waals surface area (Å²) >= 11 is 0. The van der Waals surface area contributed by atoms with Crippen molar-refractivity contribution < 1.29 is 23.9 Å². The molecule has 8 nitrogen and oxygen atoms in total. The third-order valence-corrected chi connectivity index (χ3v) is 5.02. The van der Waals surface area contributed by atoms with E-state index in [0.717, 1.165) is 5.56 Å². The predicted octanol–water partition coefficient (Wildman–Crippen LogP) is 4.61. The highest BCUT2D eigenvalue weighted by Gasteiger charge is 2.34. The van der Waals surface area contributed by atoms with Crippen molar-refractivity contribution in [3.8, 4) is 5.75 Å². The number of nitrogens with zero attached hydrogens (tertiary/aromatic N) is 1. The van der Waals surface area contributed by atoms with Gasteiger partial charge in [0.05, 0.1) is 7.11 Å². The van der Waals surface area contributed by atoms with Gasteiger partial charge < -0.3 is 25.0 Å². The number of amides is 3. The minimum atomic E-state index is -0.967. The lowest BCUT2D eigenvalue weighted by Crippen LogP contribution is -2.51. The Hall–Kier alpha value is -3.81. The second-order valence-electron chi connectivity index (χ2n) is 9.18.